The number of benzene rings is 2. The number of nitro groups is 1. The molecule has 2 aromatic rings. The molecule has 0 saturated heterocycles. The van der Waals surface area contributed by atoms with E-state index in [-0.39, 0.29) is 30.3 Å². The lowest BCUT2D eigenvalue weighted by atomic mass is 10.2. The number of halogens is 1. The maximum Gasteiger partial charge on any atom is 0.311 e. The van der Waals surface area contributed by atoms with Crippen molar-refractivity contribution in [3.63, 3.8) is 0 Å². The minimum atomic E-state index is -0.559. The zero-order valence-corrected chi connectivity index (χ0v) is 14.7. The molecule has 0 heterocycles. The normalized spacial score (nSPS) is 10.3. The van der Waals surface area contributed by atoms with Gasteiger partial charge in [-0.05, 0) is 36.2 Å². The van der Waals surface area contributed by atoms with Crippen molar-refractivity contribution in [2.45, 2.75) is 13.5 Å². The molecule has 8 heteroatoms. The van der Waals surface area contributed by atoms with Gasteiger partial charge in [0.15, 0.2) is 23.9 Å². The van der Waals surface area contributed by atoms with E-state index in [4.69, 9.17) is 9.47 Å². The number of nitro benzene ring substituents is 1. The summed E-state index contributed by atoms with van der Waals surface area (Å²) in [6, 6.07) is 8.92. The Kier molecular flexibility index (Phi) is 6.11. The molecule has 0 fully saturated rings. The predicted octanol–water partition coefficient (Wildman–Crippen LogP) is 3.09. The average Bonchev–Trinajstić information content (AvgIpc) is 2.60. The number of rotatable bonds is 7. The first-order valence-electron chi connectivity index (χ1n) is 7.76. The molecule has 0 atom stereocenters. The highest BCUT2D eigenvalue weighted by molar-refractivity contribution is 5.77. The van der Waals surface area contributed by atoms with Crippen LogP contribution in [-0.2, 0) is 11.3 Å². The summed E-state index contributed by atoms with van der Waals surface area (Å²) < 4.78 is 23.9. The Morgan fingerprint density at radius 3 is 2.54 bits per heavy atom. The average molecular weight is 362 g/mol. The number of likely N-dealkylation sites (N-methyl/N-ethyl adjacent to an activating group) is 1. The van der Waals surface area contributed by atoms with Crippen LogP contribution in [0, 0.1) is 22.9 Å². The SMILES string of the molecule is COc1ccc(CN(C)C(=O)COc2ccc(C)cc2[N+](=O)[O-])cc1F. The molecule has 0 aliphatic carbocycles. The molecular formula is C18H19FN2O5. The number of carbonyl (C=O) groups is 1. The molecular weight excluding hydrogens is 343 g/mol. The van der Waals surface area contributed by atoms with Gasteiger partial charge < -0.3 is 14.4 Å². The number of amides is 1. The summed E-state index contributed by atoms with van der Waals surface area (Å²) in [7, 11) is 2.91. The van der Waals surface area contributed by atoms with Gasteiger partial charge in [0.2, 0.25) is 0 Å². The fraction of sp³-hybridized carbons (Fsp3) is 0.278. The molecule has 2 rings (SSSR count). The molecule has 1 amide bonds. The summed E-state index contributed by atoms with van der Waals surface area (Å²) >= 11 is 0. The molecule has 0 aliphatic heterocycles. The molecule has 0 N–H and O–H groups in total. The van der Waals surface area contributed by atoms with Crippen LogP contribution in [0.25, 0.3) is 0 Å². The standard InChI is InChI=1S/C18H19FN2O5/c1-12-4-6-17(15(8-12)21(23)24)26-11-18(22)20(2)10-13-5-7-16(25-3)14(19)9-13/h4-9H,10-11H2,1-3H3. The van der Waals surface area contributed by atoms with E-state index in [1.807, 2.05) is 0 Å². The van der Waals surface area contributed by atoms with Crippen LogP contribution in [0.15, 0.2) is 36.4 Å². The van der Waals surface area contributed by atoms with Gasteiger partial charge in [0, 0.05) is 19.7 Å². The highest BCUT2D eigenvalue weighted by Crippen LogP contribution is 2.27. The summed E-state index contributed by atoms with van der Waals surface area (Å²) in [5, 5.41) is 11.1. The number of methoxy groups -OCH3 is 1. The van der Waals surface area contributed by atoms with Gasteiger partial charge in [-0.3, -0.25) is 14.9 Å². The molecule has 0 spiro atoms. The van der Waals surface area contributed by atoms with Crippen LogP contribution in [0.2, 0.25) is 0 Å². The van der Waals surface area contributed by atoms with E-state index in [0.717, 1.165) is 0 Å². The van der Waals surface area contributed by atoms with E-state index in [9.17, 15) is 19.3 Å². The maximum atomic E-state index is 13.7. The van der Waals surface area contributed by atoms with Crippen molar-refractivity contribution < 1.29 is 23.6 Å². The number of aryl methyl sites for hydroxylation is 1. The molecule has 0 unspecified atom stereocenters. The number of hydrogen-bond acceptors (Lipinski definition) is 5. The van der Waals surface area contributed by atoms with Crippen molar-refractivity contribution in [3.05, 3.63) is 63.5 Å². The van der Waals surface area contributed by atoms with E-state index in [2.05, 4.69) is 0 Å². The van der Waals surface area contributed by atoms with Gasteiger partial charge in [0.25, 0.3) is 5.91 Å². The zero-order valence-electron chi connectivity index (χ0n) is 14.7. The van der Waals surface area contributed by atoms with Gasteiger partial charge in [-0.1, -0.05) is 12.1 Å². The van der Waals surface area contributed by atoms with Gasteiger partial charge in [0.1, 0.15) is 0 Å². The molecule has 26 heavy (non-hydrogen) atoms. The number of ether oxygens (including phenoxy) is 2. The Morgan fingerprint density at radius 2 is 1.92 bits per heavy atom. The number of carbonyl (C=O) groups excluding carboxylic acids is 1. The fourth-order valence-corrected chi connectivity index (χ4v) is 2.31. The van der Waals surface area contributed by atoms with Gasteiger partial charge >= 0.3 is 5.69 Å². The van der Waals surface area contributed by atoms with Crippen molar-refractivity contribution in [3.8, 4) is 11.5 Å². The van der Waals surface area contributed by atoms with Crippen LogP contribution in [-0.4, -0.2) is 36.5 Å². The highest BCUT2D eigenvalue weighted by Gasteiger charge is 2.18. The summed E-state index contributed by atoms with van der Waals surface area (Å²) in [5.74, 6) is -0.760. The van der Waals surface area contributed by atoms with Gasteiger partial charge in [0.05, 0.1) is 12.0 Å². The summed E-state index contributed by atoms with van der Waals surface area (Å²) in [4.78, 5) is 24.0. The molecule has 2 aromatic carbocycles. The van der Waals surface area contributed by atoms with Crippen LogP contribution in [0.1, 0.15) is 11.1 Å². The first-order valence-corrected chi connectivity index (χ1v) is 7.76. The third-order valence-electron chi connectivity index (χ3n) is 3.72. The third-order valence-corrected chi connectivity index (χ3v) is 3.72. The Labute approximate surface area is 150 Å². The lowest BCUT2D eigenvalue weighted by molar-refractivity contribution is -0.385. The van der Waals surface area contributed by atoms with E-state index in [1.165, 1.54) is 43.3 Å². The fourth-order valence-electron chi connectivity index (χ4n) is 2.31. The van der Waals surface area contributed by atoms with Crippen LogP contribution >= 0.6 is 0 Å². The topological polar surface area (TPSA) is 81.9 Å². The van der Waals surface area contributed by atoms with Crippen LogP contribution in [0.4, 0.5) is 10.1 Å². The zero-order chi connectivity index (χ0) is 19.3. The molecule has 0 aromatic heterocycles. The minimum Gasteiger partial charge on any atom is -0.494 e. The van der Waals surface area contributed by atoms with E-state index in [0.29, 0.717) is 11.1 Å². The number of hydrogen-bond donors (Lipinski definition) is 0. The predicted molar refractivity (Wildman–Crippen MR) is 92.8 cm³/mol. The van der Waals surface area contributed by atoms with Gasteiger partial charge in [-0.25, -0.2) is 4.39 Å². The second kappa shape index (κ2) is 8.28. The minimum absolute atomic E-state index is 0.0258. The third kappa shape index (κ3) is 4.69. The van der Waals surface area contributed by atoms with Crippen molar-refractivity contribution in [1.29, 1.82) is 0 Å². The molecule has 0 aliphatic rings. The molecule has 0 bridgehead atoms. The van der Waals surface area contributed by atoms with E-state index >= 15 is 0 Å². The van der Waals surface area contributed by atoms with Crippen molar-refractivity contribution in [2.75, 3.05) is 20.8 Å². The first-order chi connectivity index (χ1) is 12.3. The smallest absolute Gasteiger partial charge is 0.311 e. The Balaban J connectivity index is 2.00. The largest absolute Gasteiger partial charge is 0.494 e. The summed E-state index contributed by atoms with van der Waals surface area (Å²) in [6.07, 6.45) is 0. The Morgan fingerprint density at radius 1 is 1.23 bits per heavy atom. The molecule has 0 saturated carbocycles. The van der Waals surface area contributed by atoms with Crippen LogP contribution in [0.5, 0.6) is 11.5 Å². The Hall–Kier alpha value is -3.16. The summed E-state index contributed by atoms with van der Waals surface area (Å²) in [6.45, 7) is 1.53. The molecule has 0 radical (unpaired) electrons. The van der Waals surface area contributed by atoms with Crippen LogP contribution in [0.3, 0.4) is 0 Å². The highest BCUT2D eigenvalue weighted by atomic mass is 19.1. The second-order valence-corrected chi connectivity index (χ2v) is 5.74. The first kappa shape index (κ1) is 19.2. The second-order valence-electron chi connectivity index (χ2n) is 5.74. The van der Waals surface area contributed by atoms with E-state index in [1.54, 1.807) is 19.1 Å². The van der Waals surface area contributed by atoms with Gasteiger partial charge in [-0.15, -0.1) is 0 Å². The number of nitrogens with zero attached hydrogens (tertiary/aromatic N) is 2. The van der Waals surface area contributed by atoms with Gasteiger partial charge in [-0.2, -0.15) is 0 Å². The Bertz CT molecular complexity index is 825. The van der Waals surface area contributed by atoms with Crippen molar-refractivity contribution in [1.82, 2.24) is 4.90 Å². The lowest BCUT2D eigenvalue weighted by Crippen LogP contribution is -2.31. The molecule has 7 nitrogen and oxygen atoms in total. The van der Waals surface area contributed by atoms with Crippen molar-refractivity contribution in [2.24, 2.45) is 0 Å². The lowest BCUT2D eigenvalue weighted by Gasteiger charge is -2.18. The molecule has 138 valence electrons. The van der Waals surface area contributed by atoms with Crippen molar-refractivity contribution >= 4 is 11.6 Å². The monoisotopic (exact) mass is 362 g/mol. The van der Waals surface area contributed by atoms with E-state index < -0.39 is 16.6 Å². The van der Waals surface area contributed by atoms with Crippen LogP contribution < -0.4 is 9.47 Å². The maximum absolute atomic E-state index is 13.7. The quantitative estimate of drug-likeness (QED) is 0.558. The summed E-state index contributed by atoms with van der Waals surface area (Å²) in [5.41, 5.74) is 1.10.